The van der Waals surface area contributed by atoms with E-state index >= 15 is 0 Å². The molecule has 2 aliphatic heterocycles. The van der Waals surface area contributed by atoms with Gasteiger partial charge < -0.3 is 19.9 Å². The van der Waals surface area contributed by atoms with E-state index in [4.69, 9.17) is 4.74 Å². The zero-order chi connectivity index (χ0) is 18.5. The molecule has 0 bridgehead atoms. The number of benzene rings is 1. The van der Waals surface area contributed by atoms with Crippen molar-refractivity contribution in [3.05, 3.63) is 42.2 Å². The first-order valence-corrected chi connectivity index (χ1v) is 9.62. The monoisotopic (exact) mass is 367 g/mol. The average molecular weight is 367 g/mol. The molecule has 2 fully saturated rings. The summed E-state index contributed by atoms with van der Waals surface area (Å²) < 4.78 is 5.30. The maximum atomic E-state index is 12.6. The molecule has 2 aliphatic rings. The molecule has 4 rings (SSSR count). The number of rotatable bonds is 4. The molecule has 0 unspecified atom stereocenters. The molecule has 0 saturated carbocycles. The summed E-state index contributed by atoms with van der Waals surface area (Å²) in [6, 6.07) is 9.96. The van der Waals surface area contributed by atoms with Crippen LogP contribution in [0, 0.1) is 0 Å². The zero-order valence-electron chi connectivity index (χ0n) is 15.4. The number of amides is 1. The molecule has 27 heavy (non-hydrogen) atoms. The summed E-state index contributed by atoms with van der Waals surface area (Å²) in [5.41, 5.74) is 2.56. The van der Waals surface area contributed by atoms with E-state index in [0.717, 1.165) is 18.8 Å². The lowest BCUT2D eigenvalue weighted by Crippen LogP contribution is -2.41. The van der Waals surface area contributed by atoms with Crippen LogP contribution < -0.4 is 10.2 Å². The van der Waals surface area contributed by atoms with E-state index in [2.05, 4.69) is 32.3 Å². The van der Waals surface area contributed by atoms with E-state index in [0.29, 0.717) is 37.9 Å². The highest BCUT2D eigenvalue weighted by atomic mass is 16.5. The van der Waals surface area contributed by atoms with E-state index in [9.17, 15) is 4.79 Å². The summed E-state index contributed by atoms with van der Waals surface area (Å²) >= 11 is 0. The van der Waals surface area contributed by atoms with Gasteiger partial charge in [0.15, 0.2) is 0 Å². The summed E-state index contributed by atoms with van der Waals surface area (Å²) in [5, 5.41) is 3.20. The number of nitrogens with zero attached hydrogens (tertiary/aromatic N) is 4. The number of carbonyl (C=O) groups excluding carboxylic acids is 1. The highest BCUT2D eigenvalue weighted by Crippen LogP contribution is 2.23. The van der Waals surface area contributed by atoms with Gasteiger partial charge in [-0.1, -0.05) is 0 Å². The second kappa shape index (κ2) is 8.35. The predicted octanol–water partition coefficient (Wildman–Crippen LogP) is 2.68. The Bertz CT molecular complexity index is 768. The molecule has 0 radical (unpaired) electrons. The van der Waals surface area contributed by atoms with Crippen LogP contribution in [0.1, 0.15) is 29.8 Å². The van der Waals surface area contributed by atoms with Gasteiger partial charge >= 0.3 is 0 Å². The first-order valence-electron chi connectivity index (χ1n) is 9.62. The lowest BCUT2D eigenvalue weighted by atomic mass is 10.1. The van der Waals surface area contributed by atoms with Crippen LogP contribution in [0.15, 0.2) is 36.5 Å². The Morgan fingerprint density at radius 1 is 0.963 bits per heavy atom. The third-order valence-corrected chi connectivity index (χ3v) is 5.02. The van der Waals surface area contributed by atoms with E-state index in [-0.39, 0.29) is 5.91 Å². The summed E-state index contributed by atoms with van der Waals surface area (Å²) in [6.45, 7) is 4.60. The molecule has 2 aromatic rings. The Labute approximate surface area is 159 Å². The van der Waals surface area contributed by atoms with Gasteiger partial charge in [0.05, 0.1) is 13.2 Å². The van der Waals surface area contributed by atoms with Gasteiger partial charge in [-0.05, 0) is 49.6 Å². The number of morpholine rings is 1. The molecule has 7 nitrogen and oxygen atoms in total. The number of nitrogens with one attached hydrogen (secondary N) is 1. The summed E-state index contributed by atoms with van der Waals surface area (Å²) in [6.07, 6.45) is 5.47. The van der Waals surface area contributed by atoms with Gasteiger partial charge in [0, 0.05) is 43.8 Å². The highest BCUT2D eigenvalue weighted by Gasteiger charge is 2.20. The second-order valence-electron chi connectivity index (χ2n) is 6.89. The largest absolute Gasteiger partial charge is 0.378 e. The minimum atomic E-state index is -0.0794. The first-order chi connectivity index (χ1) is 13.3. The van der Waals surface area contributed by atoms with E-state index in [1.54, 1.807) is 17.2 Å². The zero-order valence-corrected chi connectivity index (χ0v) is 15.4. The molecule has 0 atom stereocenters. The van der Waals surface area contributed by atoms with E-state index in [1.165, 1.54) is 24.9 Å². The standard InChI is InChI=1S/C20H25N5O2/c26-19(25-12-14-27-15-13-25)18-8-9-21-20(23-18)22-16-4-6-17(7-5-16)24-10-2-1-3-11-24/h4-9H,1-3,10-15H2,(H,21,22,23). The van der Waals surface area contributed by atoms with Crippen molar-refractivity contribution < 1.29 is 9.53 Å². The van der Waals surface area contributed by atoms with Gasteiger partial charge in [0.2, 0.25) is 5.95 Å². The van der Waals surface area contributed by atoms with Crippen molar-refractivity contribution >= 4 is 23.2 Å². The van der Waals surface area contributed by atoms with Crippen LogP contribution in [0.2, 0.25) is 0 Å². The molecular formula is C20H25N5O2. The molecule has 3 heterocycles. The lowest BCUT2D eigenvalue weighted by molar-refractivity contribution is 0.0299. The van der Waals surface area contributed by atoms with Crippen molar-refractivity contribution in [1.29, 1.82) is 0 Å². The third kappa shape index (κ3) is 4.36. The number of hydrogen-bond acceptors (Lipinski definition) is 6. The Hall–Kier alpha value is -2.67. The van der Waals surface area contributed by atoms with Crippen molar-refractivity contribution in [3.63, 3.8) is 0 Å². The van der Waals surface area contributed by atoms with Crippen LogP contribution >= 0.6 is 0 Å². The van der Waals surface area contributed by atoms with Crippen LogP contribution in [0.3, 0.4) is 0 Å². The average Bonchev–Trinajstić information content (AvgIpc) is 2.75. The number of hydrogen-bond donors (Lipinski definition) is 1. The molecule has 1 amide bonds. The topological polar surface area (TPSA) is 70.6 Å². The third-order valence-electron chi connectivity index (χ3n) is 5.02. The molecule has 1 N–H and O–H groups in total. The molecule has 1 aromatic heterocycles. The molecular weight excluding hydrogens is 342 g/mol. The number of aromatic nitrogens is 2. The normalized spacial score (nSPS) is 17.6. The van der Waals surface area contributed by atoms with Crippen molar-refractivity contribution in [3.8, 4) is 0 Å². The first kappa shape index (κ1) is 17.7. The summed E-state index contributed by atoms with van der Waals surface area (Å²) in [4.78, 5) is 25.4. The van der Waals surface area contributed by atoms with Crippen molar-refractivity contribution in [2.45, 2.75) is 19.3 Å². The van der Waals surface area contributed by atoms with Gasteiger partial charge in [0.1, 0.15) is 5.69 Å². The predicted molar refractivity (Wildman–Crippen MR) is 105 cm³/mol. The Kier molecular flexibility index (Phi) is 5.48. The minimum absolute atomic E-state index is 0.0794. The van der Waals surface area contributed by atoms with E-state index < -0.39 is 0 Å². The Balaban J connectivity index is 1.42. The summed E-state index contributed by atoms with van der Waals surface area (Å²) in [7, 11) is 0. The maximum Gasteiger partial charge on any atom is 0.272 e. The van der Waals surface area contributed by atoms with E-state index in [1.807, 2.05) is 12.1 Å². The molecule has 2 saturated heterocycles. The molecule has 142 valence electrons. The van der Waals surface area contributed by atoms with Gasteiger partial charge in [-0.15, -0.1) is 0 Å². The van der Waals surface area contributed by atoms with Crippen LogP contribution in [0.25, 0.3) is 0 Å². The highest BCUT2D eigenvalue weighted by molar-refractivity contribution is 5.92. The fourth-order valence-corrected chi connectivity index (χ4v) is 3.50. The fraction of sp³-hybridized carbons (Fsp3) is 0.450. The number of ether oxygens (including phenoxy) is 1. The molecule has 7 heteroatoms. The van der Waals surface area contributed by atoms with Crippen LogP contribution in [0.5, 0.6) is 0 Å². The number of piperidine rings is 1. The van der Waals surface area contributed by atoms with Gasteiger partial charge in [-0.3, -0.25) is 4.79 Å². The van der Waals surface area contributed by atoms with Gasteiger partial charge in [0.25, 0.3) is 5.91 Å². The molecule has 0 spiro atoms. The SMILES string of the molecule is O=C(c1ccnc(Nc2ccc(N3CCCCC3)cc2)n1)N1CCOCC1. The van der Waals surface area contributed by atoms with Crippen molar-refractivity contribution in [1.82, 2.24) is 14.9 Å². The van der Waals surface area contributed by atoms with Crippen LogP contribution in [-0.4, -0.2) is 60.2 Å². The van der Waals surface area contributed by atoms with Crippen molar-refractivity contribution in [2.75, 3.05) is 49.6 Å². The quantitative estimate of drug-likeness (QED) is 0.896. The summed E-state index contributed by atoms with van der Waals surface area (Å²) in [5.74, 6) is 0.351. The van der Waals surface area contributed by atoms with Crippen molar-refractivity contribution in [2.24, 2.45) is 0 Å². The smallest absolute Gasteiger partial charge is 0.272 e. The molecule has 1 aromatic carbocycles. The van der Waals surface area contributed by atoms with Gasteiger partial charge in [-0.2, -0.15) is 0 Å². The Morgan fingerprint density at radius 3 is 2.44 bits per heavy atom. The fourth-order valence-electron chi connectivity index (χ4n) is 3.50. The van der Waals surface area contributed by atoms with Crippen LogP contribution in [0.4, 0.5) is 17.3 Å². The number of anilines is 3. The number of carbonyl (C=O) groups is 1. The Morgan fingerprint density at radius 2 is 1.70 bits per heavy atom. The second-order valence-corrected chi connectivity index (χ2v) is 6.89. The molecule has 0 aliphatic carbocycles. The van der Waals surface area contributed by atoms with Crippen LogP contribution in [-0.2, 0) is 4.74 Å². The minimum Gasteiger partial charge on any atom is -0.378 e. The van der Waals surface area contributed by atoms with Gasteiger partial charge in [-0.25, -0.2) is 9.97 Å². The lowest BCUT2D eigenvalue weighted by Gasteiger charge is -2.28. The maximum absolute atomic E-state index is 12.6.